The summed E-state index contributed by atoms with van der Waals surface area (Å²) in [5.41, 5.74) is 5.99. The van der Waals surface area contributed by atoms with Crippen molar-refractivity contribution in [3.8, 4) is 5.75 Å². The molecular weight excluding hydrogens is 233 g/mol. The minimum Gasteiger partial charge on any atom is -0.496 e. The van der Waals surface area contributed by atoms with Crippen LogP contribution in [0.5, 0.6) is 5.75 Å². The minimum absolute atomic E-state index is 0. The minimum atomic E-state index is -0.768. The van der Waals surface area contributed by atoms with Crippen LogP contribution in [0.1, 0.15) is 24.9 Å². The van der Waals surface area contributed by atoms with Crippen molar-refractivity contribution in [2.75, 3.05) is 7.11 Å². The molecule has 0 unspecified atom stereocenters. The maximum Gasteiger partial charge on any atom is 0.131 e. The Kier molecular flexibility index (Phi) is 6.33. The van der Waals surface area contributed by atoms with Crippen LogP contribution in [-0.2, 0) is 0 Å². The Morgan fingerprint density at radius 2 is 2.12 bits per heavy atom. The number of nitrogens with two attached hydrogens (primary N) is 1. The zero-order valence-corrected chi connectivity index (χ0v) is 10.1. The number of ether oxygens (including phenoxy) is 1. The van der Waals surface area contributed by atoms with E-state index in [-0.39, 0.29) is 18.0 Å². The van der Waals surface area contributed by atoms with E-state index in [2.05, 4.69) is 0 Å². The van der Waals surface area contributed by atoms with Gasteiger partial charge in [0, 0.05) is 5.56 Å². The molecule has 3 N–H and O–H groups in total. The molecule has 0 radical (unpaired) electrons. The first kappa shape index (κ1) is 15.2. The van der Waals surface area contributed by atoms with Crippen molar-refractivity contribution < 1.29 is 14.2 Å². The van der Waals surface area contributed by atoms with Crippen LogP contribution in [0.2, 0.25) is 0 Å². The zero-order chi connectivity index (χ0) is 11.4. The van der Waals surface area contributed by atoms with E-state index in [4.69, 9.17) is 10.5 Å². The SMILES string of the molecule is CC[C@@H](O)[C@@H](N)c1c(F)cccc1OC.Cl. The van der Waals surface area contributed by atoms with Crippen LogP contribution in [-0.4, -0.2) is 18.3 Å². The average Bonchev–Trinajstić information content (AvgIpc) is 2.26. The maximum absolute atomic E-state index is 13.5. The van der Waals surface area contributed by atoms with Gasteiger partial charge in [-0.15, -0.1) is 12.4 Å². The molecule has 0 aliphatic heterocycles. The Hall–Kier alpha value is -0.840. The molecule has 0 aliphatic carbocycles. The number of rotatable bonds is 4. The molecule has 1 rings (SSSR count). The van der Waals surface area contributed by atoms with E-state index >= 15 is 0 Å². The highest BCUT2D eigenvalue weighted by atomic mass is 35.5. The van der Waals surface area contributed by atoms with Crippen molar-refractivity contribution in [1.82, 2.24) is 0 Å². The predicted molar refractivity (Wildman–Crippen MR) is 63.4 cm³/mol. The molecule has 0 fully saturated rings. The highest BCUT2D eigenvalue weighted by Crippen LogP contribution is 2.28. The van der Waals surface area contributed by atoms with Gasteiger partial charge in [0.2, 0.25) is 0 Å². The van der Waals surface area contributed by atoms with Crippen LogP contribution in [0, 0.1) is 5.82 Å². The van der Waals surface area contributed by atoms with Gasteiger partial charge < -0.3 is 15.6 Å². The van der Waals surface area contributed by atoms with Crippen LogP contribution in [0.15, 0.2) is 18.2 Å². The second kappa shape index (κ2) is 6.68. The predicted octanol–water partition coefficient (Wildman–Crippen LogP) is 2.03. The maximum atomic E-state index is 13.5. The van der Waals surface area contributed by atoms with Crippen molar-refractivity contribution in [2.24, 2.45) is 5.73 Å². The van der Waals surface area contributed by atoms with E-state index in [0.29, 0.717) is 12.2 Å². The van der Waals surface area contributed by atoms with Gasteiger partial charge in [-0.05, 0) is 18.6 Å². The Morgan fingerprint density at radius 3 is 2.62 bits per heavy atom. The van der Waals surface area contributed by atoms with Gasteiger partial charge >= 0.3 is 0 Å². The van der Waals surface area contributed by atoms with Gasteiger partial charge in [-0.2, -0.15) is 0 Å². The van der Waals surface area contributed by atoms with Crippen molar-refractivity contribution in [3.05, 3.63) is 29.6 Å². The van der Waals surface area contributed by atoms with E-state index in [9.17, 15) is 9.50 Å². The standard InChI is InChI=1S/C11H16FNO2.ClH/c1-3-8(14)11(13)10-7(12)5-4-6-9(10)15-2;/h4-6,8,11,14H,3,13H2,1-2H3;1H/t8-,11-;/m1./s1. The van der Waals surface area contributed by atoms with Crippen molar-refractivity contribution in [1.29, 1.82) is 0 Å². The number of halogens is 2. The molecule has 0 aliphatic rings. The first-order valence-corrected chi connectivity index (χ1v) is 4.87. The van der Waals surface area contributed by atoms with Gasteiger partial charge in [-0.3, -0.25) is 0 Å². The van der Waals surface area contributed by atoms with Crippen molar-refractivity contribution in [3.63, 3.8) is 0 Å². The number of methoxy groups -OCH3 is 1. The quantitative estimate of drug-likeness (QED) is 0.859. The fourth-order valence-corrected chi connectivity index (χ4v) is 1.47. The van der Waals surface area contributed by atoms with Gasteiger partial charge in [-0.1, -0.05) is 13.0 Å². The van der Waals surface area contributed by atoms with E-state index < -0.39 is 18.0 Å². The summed E-state index contributed by atoms with van der Waals surface area (Å²) in [4.78, 5) is 0. The second-order valence-electron chi connectivity index (χ2n) is 3.36. The monoisotopic (exact) mass is 249 g/mol. The van der Waals surface area contributed by atoms with Crippen LogP contribution in [0.3, 0.4) is 0 Å². The molecule has 5 heteroatoms. The van der Waals surface area contributed by atoms with Gasteiger partial charge in [0.1, 0.15) is 11.6 Å². The van der Waals surface area contributed by atoms with Gasteiger partial charge in [-0.25, -0.2) is 4.39 Å². The summed E-state index contributed by atoms with van der Waals surface area (Å²) in [6.07, 6.45) is -0.297. The zero-order valence-electron chi connectivity index (χ0n) is 9.31. The van der Waals surface area contributed by atoms with Crippen LogP contribution < -0.4 is 10.5 Å². The molecule has 0 amide bonds. The smallest absolute Gasteiger partial charge is 0.131 e. The summed E-state index contributed by atoms with van der Waals surface area (Å²) in [5, 5.41) is 9.58. The summed E-state index contributed by atoms with van der Waals surface area (Å²) < 4.78 is 18.5. The largest absolute Gasteiger partial charge is 0.496 e. The fraction of sp³-hybridized carbons (Fsp3) is 0.455. The van der Waals surface area contributed by atoms with E-state index in [1.807, 2.05) is 0 Å². The first-order valence-electron chi connectivity index (χ1n) is 4.87. The van der Waals surface area contributed by atoms with Gasteiger partial charge in [0.05, 0.1) is 19.3 Å². The highest BCUT2D eigenvalue weighted by molar-refractivity contribution is 5.85. The number of hydrogen-bond acceptors (Lipinski definition) is 3. The molecule has 92 valence electrons. The molecule has 0 heterocycles. The molecule has 2 atom stereocenters. The lowest BCUT2D eigenvalue weighted by Crippen LogP contribution is -2.26. The second-order valence-corrected chi connectivity index (χ2v) is 3.36. The third-order valence-corrected chi connectivity index (χ3v) is 2.40. The van der Waals surface area contributed by atoms with Gasteiger partial charge in [0.15, 0.2) is 0 Å². The molecule has 0 bridgehead atoms. The van der Waals surface area contributed by atoms with Crippen molar-refractivity contribution >= 4 is 12.4 Å². The van der Waals surface area contributed by atoms with Crippen LogP contribution in [0.25, 0.3) is 0 Å². The molecule has 0 saturated heterocycles. The molecular formula is C11H17ClFNO2. The van der Waals surface area contributed by atoms with E-state index in [0.717, 1.165) is 0 Å². The molecule has 1 aromatic carbocycles. The van der Waals surface area contributed by atoms with Crippen molar-refractivity contribution in [2.45, 2.75) is 25.5 Å². The summed E-state index contributed by atoms with van der Waals surface area (Å²) in [6, 6.07) is 3.72. The molecule has 16 heavy (non-hydrogen) atoms. The number of hydrogen-bond donors (Lipinski definition) is 2. The third kappa shape index (κ3) is 3.07. The Morgan fingerprint density at radius 1 is 1.50 bits per heavy atom. The molecule has 1 aromatic rings. The van der Waals surface area contributed by atoms with Gasteiger partial charge in [0.25, 0.3) is 0 Å². The lowest BCUT2D eigenvalue weighted by atomic mass is 9.99. The summed E-state index contributed by atoms with van der Waals surface area (Å²) in [7, 11) is 1.45. The molecule has 0 aromatic heterocycles. The van der Waals surface area contributed by atoms with Crippen LogP contribution in [0.4, 0.5) is 4.39 Å². The normalized spacial score (nSPS) is 13.8. The van der Waals surface area contributed by atoms with Crippen LogP contribution >= 0.6 is 12.4 Å². The Labute approximate surface area is 101 Å². The Bertz CT molecular complexity index is 336. The fourth-order valence-electron chi connectivity index (χ4n) is 1.47. The Balaban J connectivity index is 0.00000225. The van der Waals surface area contributed by atoms with E-state index in [1.165, 1.54) is 13.2 Å². The summed E-state index contributed by atoms with van der Waals surface area (Å²) in [6.45, 7) is 1.79. The molecule has 0 saturated carbocycles. The molecule has 3 nitrogen and oxygen atoms in total. The lowest BCUT2D eigenvalue weighted by Gasteiger charge is -2.20. The summed E-state index contributed by atoms with van der Waals surface area (Å²) in [5.74, 6) is -0.0793. The number of aliphatic hydroxyl groups is 1. The lowest BCUT2D eigenvalue weighted by molar-refractivity contribution is 0.137. The topological polar surface area (TPSA) is 55.5 Å². The first-order chi connectivity index (χ1) is 7.11. The highest BCUT2D eigenvalue weighted by Gasteiger charge is 2.22. The number of aliphatic hydroxyl groups excluding tert-OH is 1. The van der Waals surface area contributed by atoms with E-state index in [1.54, 1.807) is 19.1 Å². The number of benzene rings is 1. The average molecular weight is 250 g/mol. The summed E-state index contributed by atoms with van der Waals surface area (Å²) >= 11 is 0. The molecule has 0 spiro atoms. The third-order valence-electron chi connectivity index (χ3n) is 2.40.